The number of alkyl carbamates (subject to hydrolysis) is 2. The molecule has 2 aliphatic heterocycles. The minimum absolute atomic E-state index is 0. The third-order valence-corrected chi connectivity index (χ3v) is 22.7. The third kappa shape index (κ3) is 21.6. The Morgan fingerprint density at radius 2 is 0.890 bits per heavy atom. The number of phenolic OH excluding ortho intramolecular Hbond substituents is 1. The Kier molecular flexibility index (Phi) is 27.5. The minimum atomic E-state index is -2.05. The molecule has 8 aromatic rings. The van der Waals surface area contributed by atoms with E-state index in [2.05, 4.69) is 65.1 Å². The molecule has 2 fully saturated rings. The summed E-state index contributed by atoms with van der Waals surface area (Å²) in [5.41, 5.74) is 4.76. The number of ketones is 4. The van der Waals surface area contributed by atoms with E-state index in [4.69, 9.17) is 23.4 Å². The molecule has 10 rings (SSSR count). The molecule has 2 aliphatic rings. The number of fused-ring (bicyclic) bond motifs is 2. The van der Waals surface area contributed by atoms with Crippen molar-refractivity contribution >= 4 is 77.3 Å². The zero-order chi connectivity index (χ0) is 69.7. The molecule has 0 aliphatic carbocycles. The largest absolute Gasteiger partial charge is 0.544 e. The molecule has 0 unspecified atom stereocenters. The summed E-state index contributed by atoms with van der Waals surface area (Å²) >= 11 is 0. The first-order chi connectivity index (χ1) is 46.2. The number of ether oxygens (including phenoxy) is 4. The summed E-state index contributed by atoms with van der Waals surface area (Å²) in [5.74, 6) is -2.90. The predicted molar refractivity (Wildman–Crippen MR) is 385 cm³/mol. The van der Waals surface area contributed by atoms with Gasteiger partial charge < -0.3 is 65.9 Å². The Labute approximate surface area is 584 Å². The molecule has 6 aromatic carbocycles. The van der Waals surface area contributed by atoms with E-state index in [1.165, 1.54) is 12.1 Å². The molecular weight excluding hydrogens is 1290 g/mol. The number of hydrogen-bond donors (Lipinski definition) is 8. The molecule has 100 heavy (non-hydrogen) atoms. The average Bonchev–Trinajstić information content (AvgIpc) is 1.64. The summed E-state index contributed by atoms with van der Waals surface area (Å²) in [5, 5.41) is 22.7. The Morgan fingerprint density at radius 1 is 0.530 bits per heavy atom. The van der Waals surface area contributed by atoms with Gasteiger partial charge in [0, 0.05) is 58.9 Å². The van der Waals surface area contributed by atoms with E-state index < -0.39 is 79.5 Å². The van der Waals surface area contributed by atoms with Crippen LogP contribution in [0.3, 0.4) is 0 Å². The topological polar surface area (TPSA) is 324 Å². The summed E-state index contributed by atoms with van der Waals surface area (Å²) in [6, 6.07) is 44.3. The van der Waals surface area contributed by atoms with Crippen molar-refractivity contribution in [2.45, 2.75) is 161 Å². The lowest BCUT2D eigenvalue weighted by Gasteiger charge is -2.36. The summed E-state index contributed by atoms with van der Waals surface area (Å²) in [6.45, 7) is 18.1. The number of phenols is 1. The first kappa shape index (κ1) is 79.2. The van der Waals surface area contributed by atoms with Crippen LogP contribution in [0, 0.1) is 11.8 Å². The van der Waals surface area contributed by atoms with Gasteiger partial charge >= 0.3 is 12.2 Å². The highest BCUT2D eigenvalue weighted by atomic mass is 28.4. The summed E-state index contributed by atoms with van der Waals surface area (Å²) in [6.07, 6.45) is 2.72. The molecule has 0 radical (unpaired) electrons. The molecule has 21 nitrogen and oxygen atoms in total. The number of carbonyl (C=O) groups excluding carboxylic acids is 8. The molecule has 0 saturated carbocycles. The van der Waals surface area contributed by atoms with Crippen molar-refractivity contribution < 1.29 is 71.5 Å². The van der Waals surface area contributed by atoms with Gasteiger partial charge in [-0.2, -0.15) is 0 Å². The van der Waals surface area contributed by atoms with Crippen LogP contribution in [0.4, 0.5) is 14.3 Å². The van der Waals surface area contributed by atoms with E-state index >= 15 is 0 Å². The molecule has 534 valence electrons. The Balaban J connectivity index is 0.000000309. The molecule has 4 heterocycles. The number of aromatic amines is 2. The number of aromatic hydroxyl groups is 1. The predicted octanol–water partition coefficient (Wildman–Crippen LogP) is 12.4. The van der Waals surface area contributed by atoms with Gasteiger partial charge in [-0.3, -0.25) is 33.5 Å². The van der Waals surface area contributed by atoms with Gasteiger partial charge in [0.25, 0.3) is 0 Å². The maximum absolute atomic E-state index is 14.2. The molecule has 0 bridgehead atoms. The van der Waals surface area contributed by atoms with Crippen LogP contribution < -0.4 is 31.8 Å². The number of para-hydroxylation sites is 2. The first-order valence-corrected chi connectivity index (χ1v) is 35.7. The van der Waals surface area contributed by atoms with E-state index in [0.29, 0.717) is 0 Å². The van der Waals surface area contributed by atoms with Gasteiger partial charge in [0.2, 0.25) is 20.1 Å². The fourth-order valence-corrected chi connectivity index (χ4v) is 12.0. The number of rotatable bonds is 30. The third-order valence-electron chi connectivity index (χ3n) is 18.4. The van der Waals surface area contributed by atoms with Gasteiger partial charge in [-0.15, -0.1) is 0 Å². The smallest absolute Gasteiger partial charge is 0.408 e. The highest BCUT2D eigenvalue weighted by Crippen LogP contribution is 2.38. The van der Waals surface area contributed by atoms with E-state index in [-0.39, 0.29) is 117 Å². The number of halogens is 1. The van der Waals surface area contributed by atoms with Gasteiger partial charge in [0.15, 0.2) is 23.1 Å². The quantitative estimate of drug-likeness (QED) is 0.0153. The maximum Gasteiger partial charge on any atom is 0.408 e. The second kappa shape index (κ2) is 34.8. The summed E-state index contributed by atoms with van der Waals surface area (Å²) < 4.78 is 27.9. The Bertz CT molecular complexity index is 4080. The van der Waals surface area contributed by atoms with Crippen molar-refractivity contribution in [2.75, 3.05) is 13.2 Å². The highest BCUT2D eigenvalue weighted by molar-refractivity contribution is 6.74. The van der Waals surface area contributed by atoms with Crippen LogP contribution in [0.1, 0.15) is 102 Å². The second-order valence-corrected chi connectivity index (χ2v) is 31.9. The van der Waals surface area contributed by atoms with Gasteiger partial charge in [-0.1, -0.05) is 150 Å². The van der Waals surface area contributed by atoms with E-state index in [1.54, 1.807) is 39.8 Å². The number of amides is 4. The number of aromatic nitrogens is 2. The summed E-state index contributed by atoms with van der Waals surface area (Å²) in [4.78, 5) is 114. The lowest BCUT2D eigenvalue weighted by atomic mass is 9.89. The van der Waals surface area contributed by atoms with Crippen molar-refractivity contribution in [2.24, 2.45) is 11.8 Å². The number of nitrogens with one attached hydrogen (secondary N) is 6. The molecule has 2 aromatic heterocycles. The SMILES string of the molecule is C.C[C@@H](NC(=O)OCc1ccccc1)C(=O)C[C@@H](Cc1c[nH]c2ccccc12)C(=O)N[C@@H](Cc1ccc(O)cc1)C(=O)[C@@]1(C)CO1.C[C@@H](NC(=O)OCc1ccccc1)C(=O)C[C@@H](Cc1c[nH]c2ccccc12)C(=O)N[C@@H](Cc1ccc(O[Si](C)(C)C(C)(C)C)cc1)C(=O)[C@@]1(C)CO1.F.N. The fraction of sp³-hybridized carbons (Fsp3) is 0.377. The zero-order valence-corrected chi connectivity index (χ0v) is 58.6. The molecule has 10 N–H and O–H groups in total. The van der Waals surface area contributed by atoms with Crippen LogP contribution in [0.15, 0.2) is 170 Å². The van der Waals surface area contributed by atoms with Crippen LogP contribution in [0.5, 0.6) is 11.5 Å². The van der Waals surface area contributed by atoms with Crippen molar-refractivity contribution in [3.8, 4) is 11.5 Å². The van der Waals surface area contributed by atoms with Gasteiger partial charge in [-0.25, -0.2) is 9.59 Å². The lowest BCUT2D eigenvalue weighted by Crippen LogP contribution is -2.50. The molecule has 4 amide bonds. The number of epoxide rings is 2. The normalized spacial score (nSPS) is 17.0. The van der Waals surface area contributed by atoms with Crippen LogP contribution in [0.25, 0.3) is 21.8 Å². The minimum Gasteiger partial charge on any atom is -0.544 e. The first-order valence-electron chi connectivity index (χ1n) is 32.8. The number of Topliss-reactive ketones (excluding diaryl/α,β-unsaturated/α-hetero) is 4. The lowest BCUT2D eigenvalue weighted by molar-refractivity contribution is -0.134. The number of H-pyrrole nitrogens is 2. The van der Waals surface area contributed by atoms with E-state index in [0.717, 1.165) is 60.9 Å². The van der Waals surface area contributed by atoms with Crippen molar-refractivity contribution in [3.05, 3.63) is 203 Å². The van der Waals surface area contributed by atoms with Crippen LogP contribution >= 0.6 is 0 Å². The van der Waals surface area contributed by atoms with Crippen LogP contribution in [0.2, 0.25) is 18.1 Å². The molecular formula is C77H96FN7O14Si. The van der Waals surface area contributed by atoms with E-state index in [9.17, 15) is 43.5 Å². The van der Waals surface area contributed by atoms with Crippen molar-refractivity contribution in [3.63, 3.8) is 0 Å². The number of hydrogen-bond acceptors (Lipinski definition) is 15. The Hall–Kier alpha value is -9.81. The van der Waals surface area contributed by atoms with Crippen molar-refractivity contribution in [1.29, 1.82) is 0 Å². The summed E-state index contributed by atoms with van der Waals surface area (Å²) in [7, 11) is -2.05. The standard InChI is InChI=1S/C41H51N3O7Si.C35H37N3O7.CH4.FH.H3N/c1-27(43-39(48)49-25-29-13-9-8-10-14-29)36(45)23-30(22-31-24-42-34-16-12-11-15-33(31)34)38(47)44-35(37(46)41(5)26-50-41)21-28-17-19-32(20-18-28)51-52(6,7)40(2,3)4;1-22(37-34(43)44-20-24-8-4-3-5-9-24)31(40)18-25(17-26-19-36-29-11-7-6-10-28(26)29)33(42)38-30(32(41)35(2)21-45-35)16-23-12-14-27(39)15-13-23;;;/h8-20,24,27,30,35,42H,21-23,25-26H2,1-7H3,(H,43,48)(H,44,47);3-15,19,22,25,30,36,39H,16-18,20-21H2,1-2H3,(H,37,43)(H,38,42);1H4;1H;1H3/t27-,30-,35+,41-;22-,25-,30+,35-;;;/m11.../s1. The molecule has 8 atom stereocenters. The monoisotopic (exact) mass is 1390 g/mol. The zero-order valence-electron chi connectivity index (χ0n) is 57.6. The van der Waals surface area contributed by atoms with Crippen molar-refractivity contribution in [1.82, 2.24) is 37.4 Å². The van der Waals surface area contributed by atoms with Gasteiger partial charge in [0.05, 0.1) is 37.4 Å². The molecule has 23 heteroatoms. The van der Waals surface area contributed by atoms with E-state index in [1.807, 2.05) is 146 Å². The van der Waals surface area contributed by atoms with Gasteiger partial charge in [-0.05, 0) is 141 Å². The Morgan fingerprint density at radius 3 is 1.26 bits per heavy atom. The van der Waals surface area contributed by atoms with Gasteiger partial charge in [0.1, 0.15) is 35.9 Å². The molecule has 2 saturated heterocycles. The fourth-order valence-electron chi connectivity index (χ4n) is 11.0. The maximum atomic E-state index is 14.2. The highest BCUT2D eigenvalue weighted by Gasteiger charge is 2.51. The average molecular weight is 1390 g/mol. The second-order valence-electron chi connectivity index (χ2n) is 27.2. The number of benzene rings is 6. The van der Waals surface area contributed by atoms with Crippen LogP contribution in [-0.4, -0.2) is 119 Å². The molecule has 0 spiro atoms. The number of carbonyl (C=O) groups is 8. The van der Waals surface area contributed by atoms with Crippen LogP contribution in [-0.2, 0) is 86.6 Å².